The van der Waals surface area contributed by atoms with Crippen molar-refractivity contribution < 1.29 is 9.84 Å². The van der Waals surface area contributed by atoms with Crippen LogP contribution in [0.15, 0.2) is 36.7 Å². The minimum atomic E-state index is -0.701. The fourth-order valence-corrected chi connectivity index (χ4v) is 4.49. The molecule has 1 fully saturated rings. The second-order valence-electron chi connectivity index (χ2n) is 7.73. The van der Waals surface area contributed by atoms with Crippen molar-refractivity contribution in [3.8, 4) is 11.4 Å². The zero-order valence-corrected chi connectivity index (χ0v) is 16.2. The molecule has 1 atom stereocenters. The average Bonchev–Trinajstić information content (AvgIpc) is 3.35. The number of aromatic amines is 1. The third-order valence-electron chi connectivity index (χ3n) is 6.05. The molecule has 8 nitrogen and oxygen atoms in total. The molecular weight excluding hydrogens is 368 g/mol. The molecule has 1 aromatic carbocycles. The monoisotopic (exact) mass is 392 g/mol. The number of nitrogens with zero attached hydrogens (tertiary/aromatic N) is 4. The summed E-state index contributed by atoms with van der Waals surface area (Å²) in [7, 11) is 1.55. The highest BCUT2D eigenvalue weighted by Crippen LogP contribution is 2.39. The average molecular weight is 392 g/mol. The normalized spacial score (nSPS) is 21.0. The lowest BCUT2D eigenvalue weighted by Gasteiger charge is -2.29. The van der Waals surface area contributed by atoms with E-state index in [0.717, 1.165) is 59.3 Å². The van der Waals surface area contributed by atoms with Crippen LogP contribution in [-0.2, 0) is 4.74 Å². The van der Waals surface area contributed by atoms with Crippen molar-refractivity contribution >= 4 is 22.2 Å². The number of methoxy groups -OCH3 is 1. The fourth-order valence-electron chi connectivity index (χ4n) is 4.49. The minimum absolute atomic E-state index is 0.162. The summed E-state index contributed by atoms with van der Waals surface area (Å²) in [6, 6.07) is 10.2. The van der Waals surface area contributed by atoms with Gasteiger partial charge in [0.25, 0.3) is 0 Å². The molecular formula is C21H24N6O2. The number of aliphatic hydroxyl groups is 1. The molecule has 3 heterocycles. The van der Waals surface area contributed by atoms with E-state index in [-0.39, 0.29) is 11.8 Å². The first-order chi connectivity index (χ1) is 14.2. The predicted octanol–water partition coefficient (Wildman–Crippen LogP) is 3.09. The van der Waals surface area contributed by atoms with Gasteiger partial charge in [-0.2, -0.15) is 5.10 Å². The number of aromatic nitrogens is 5. The zero-order valence-electron chi connectivity index (χ0n) is 16.2. The van der Waals surface area contributed by atoms with Crippen molar-refractivity contribution in [1.82, 2.24) is 24.6 Å². The van der Waals surface area contributed by atoms with E-state index in [1.54, 1.807) is 7.11 Å². The van der Waals surface area contributed by atoms with E-state index in [1.165, 1.54) is 6.33 Å². The number of rotatable bonds is 4. The number of H-pyrrole nitrogens is 1. The standard InChI is InChI=1S/C21H24N6O2/c1-29-21(28)13-8-6-12(7-9-13)20-26-17(18-19(22)23-11-24-27(18)20)16-10-14-4-2-3-5-15(14)25-16/h2-5,10-13,21,25,28H,6-9H2,1H3,(H2,22,23,24)/t12?,13?,21-/m0/s1. The number of aliphatic hydroxyl groups excluding tert-OH is 1. The van der Waals surface area contributed by atoms with Crippen LogP contribution in [0.5, 0.6) is 0 Å². The number of nitrogens with one attached hydrogen (secondary N) is 1. The van der Waals surface area contributed by atoms with Crippen LogP contribution >= 0.6 is 0 Å². The smallest absolute Gasteiger partial charge is 0.156 e. The van der Waals surface area contributed by atoms with Crippen LogP contribution in [0.25, 0.3) is 27.8 Å². The van der Waals surface area contributed by atoms with Gasteiger partial charge in [-0.3, -0.25) is 0 Å². The molecule has 4 N–H and O–H groups in total. The van der Waals surface area contributed by atoms with Crippen LogP contribution in [-0.4, -0.2) is 43.1 Å². The largest absolute Gasteiger partial charge is 0.382 e. The van der Waals surface area contributed by atoms with Crippen LogP contribution in [0.3, 0.4) is 0 Å². The third kappa shape index (κ3) is 3.04. The van der Waals surface area contributed by atoms with Crippen molar-refractivity contribution in [2.75, 3.05) is 12.8 Å². The van der Waals surface area contributed by atoms with Gasteiger partial charge in [0.2, 0.25) is 0 Å². The number of hydrogen-bond acceptors (Lipinski definition) is 6. The van der Waals surface area contributed by atoms with E-state index in [4.69, 9.17) is 15.5 Å². The third-order valence-corrected chi connectivity index (χ3v) is 6.05. The van der Waals surface area contributed by atoms with Gasteiger partial charge in [-0.05, 0) is 37.8 Å². The van der Waals surface area contributed by atoms with Crippen LogP contribution in [0.2, 0.25) is 0 Å². The Morgan fingerprint density at radius 2 is 2.03 bits per heavy atom. The van der Waals surface area contributed by atoms with E-state index in [1.807, 2.05) is 22.7 Å². The molecule has 1 aliphatic carbocycles. The Hall–Kier alpha value is -2.97. The molecule has 4 aromatic rings. The lowest BCUT2D eigenvalue weighted by molar-refractivity contribution is -0.121. The van der Waals surface area contributed by atoms with Crippen molar-refractivity contribution in [3.05, 3.63) is 42.5 Å². The molecule has 1 aliphatic rings. The summed E-state index contributed by atoms with van der Waals surface area (Å²) >= 11 is 0. The quantitative estimate of drug-likeness (QED) is 0.460. The van der Waals surface area contributed by atoms with E-state index >= 15 is 0 Å². The Morgan fingerprint density at radius 1 is 1.24 bits per heavy atom. The van der Waals surface area contributed by atoms with Gasteiger partial charge in [0.05, 0.1) is 5.69 Å². The lowest BCUT2D eigenvalue weighted by atomic mass is 9.81. The number of ether oxygens (including phenoxy) is 1. The van der Waals surface area contributed by atoms with Crippen molar-refractivity contribution in [1.29, 1.82) is 0 Å². The minimum Gasteiger partial charge on any atom is -0.382 e. The van der Waals surface area contributed by atoms with Gasteiger partial charge in [0.15, 0.2) is 12.1 Å². The molecule has 0 spiro atoms. The van der Waals surface area contributed by atoms with Crippen molar-refractivity contribution in [3.63, 3.8) is 0 Å². The molecule has 0 bridgehead atoms. The van der Waals surface area contributed by atoms with E-state index in [9.17, 15) is 5.11 Å². The SMILES string of the molecule is CO[C@H](O)C1CCC(c2nc(-c3cc4ccccc4[nH]3)c3c(N)ncnn23)CC1. The summed E-state index contributed by atoms with van der Waals surface area (Å²) in [4.78, 5) is 12.6. The molecule has 150 valence electrons. The van der Waals surface area contributed by atoms with Crippen LogP contribution in [0.1, 0.15) is 37.4 Å². The summed E-state index contributed by atoms with van der Waals surface area (Å²) < 4.78 is 6.94. The zero-order chi connectivity index (χ0) is 20.0. The van der Waals surface area contributed by atoms with Crippen LogP contribution < -0.4 is 5.73 Å². The number of anilines is 1. The van der Waals surface area contributed by atoms with Gasteiger partial charge in [0.1, 0.15) is 23.4 Å². The topological polar surface area (TPSA) is 114 Å². The Morgan fingerprint density at radius 3 is 2.79 bits per heavy atom. The number of para-hydroxylation sites is 1. The number of nitrogen functional groups attached to an aromatic ring is 1. The molecule has 0 radical (unpaired) electrons. The fraction of sp³-hybridized carbons (Fsp3) is 0.381. The number of nitrogens with two attached hydrogens (primary N) is 1. The maximum absolute atomic E-state index is 9.99. The molecule has 1 saturated carbocycles. The molecule has 5 rings (SSSR count). The van der Waals surface area contributed by atoms with E-state index in [2.05, 4.69) is 27.2 Å². The number of fused-ring (bicyclic) bond motifs is 2. The second kappa shape index (κ2) is 7.13. The van der Waals surface area contributed by atoms with Gasteiger partial charge in [-0.1, -0.05) is 18.2 Å². The highest BCUT2D eigenvalue weighted by atomic mass is 16.6. The summed E-state index contributed by atoms with van der Waals surface area (Å²) in [5, 5.41) is 15.6. The van der Waals surface area contributed by atoms with Gasteiger partial charge in [-0.15, -0.1) is 0 Å². The van der Waals surface area contributed by atoms with Crippen LogP contribution in [0.4, 0.5) is 5.82 Å². The Bertz CT molecular complexity index is 1130. The Labute approximate surface area is 167 Å². The maximum Gasteiger partial charge on any atom is 0.156 e. The number of benzene rings is 1. The molecule has 0 unspecified atom stereocenters. The van der Waals surface area contributed by atoms with Gasteiger partial charge < -0.3 is 20.6 Å². The molecule has 0 saturated heterocycles. The molecule has 29 heavy (non-hydrogen) atoms. The van der Waals surface area contributed by atoms with Gasteiger partial charge in [0, 0.05) is 29.8 Å². The maximum atomic E-state index is 9.99. The molecule has 3 aromatic heterocycles. The van der Waals surface area contributed by atoms with Gasteiger partial charge >= 0.3 is 0 Å². The number of imidazole rings is 1. The molecule has 8 heteroatoms. The highest BCUT2D eigenvalue weighted by Gasteiger charge is 2.31. The van der Waals surface area contributed by atoms with Crippen LogP contribution in [0, 0.1) is 5.92 Å². The first-order valence-corrected chi connectivity index (χ1v) is 9.93. The number of hydrogen-bond donors (Lipinski definition) is 3. The predicted molar refractivity (Wildman–Crippen MR) is 110 cm³/mol. The first-order valence-electron chi connectivity index (χ1n) is 9.93. The summed E-state index contributed by atoms with van der Waals surface area (Å²) in [6.45, 7) is 0. The lowest BCUT2D eigenvalue weighted by Crippen LogP contribution is -2.27. The Balaban J connectivity index is 1.57. The van der Waals surface area contributed by atoms with Gasteiger partial charge in [-0.25, -0.2) is 14.5 Å². The highest BCUT2D eigenvalue weighted by molar-refractivity contribution is 5.91. The summed E-state index contributed by atoms with van der Waals surface area (Å²) in [5.41, 5.74) is 9.69. The molecule has 0 aliphatic heterocycles. The summed E-state index contributed by atoms with van der Waals surface area (Å²) in [6.07, 6.45) is 4.38. The first kappa shape index (κ1) is 18.1. The van der Waals surface area contributed by atoms with E-state index in [0.29, 0.717) is 5.82 Å². The van der Waals surface area contributed by atoms with E-state index < -0.39 is 6.29 Å². The molecule has 0 amide bonds. The Kier molecular flexibility index (Phi) is 4.44. The summed E-state index contributed by atoms with van der Waals surface area (Å²) in [5.74, 6) is 1.72. The second-order valence-corrected chi connectivity index (χ2v) is 7.73. The van der Waals surface area contributed by atoms with Crippen molar-refractivity contribution in [2.24, 2.45) is 5.92 Å². The van der Waals surface area contributed by atoms with Crippen molar-refractivity contribution in [2.45, 2.75) is 37.9 Å².